The molecule has 5 rings (SSSR count). The third kappa shape index (κ3) is 4.89. The van der Waals surface area contributed by atoms with Crippen LogP contribution < -0.4 is 10.1 Å². The van der Waals surface area contributed by atoms with E-state index < -0.39 is 30.2 Å². The summed E-state index contributed by atoms with van der Waals surface area (Å²) in [5.74, 6) is -1.21. The van der Waals surface area contributed by atoms with E-state index in [4.69, 9.17) is 23.4 Å². The minimum absolute atomic E-state index is 0.113. The van der Waals surface area contributed by atoms with Crippen molar-refractivity contribution in [2.24, 2.45) is 0 Å². The van der Waals surface area contributed by atoms with Crippen molar-refractivity contribution < 1.29 is 42.5 Å². The van der Waals surface area contributed by atoms with E-state index in [9.17, 15) is 19.2 Å². The number of nitrogens with zero attached hydrogens (tertiary/aromatic N) is 3. The normalized spacial score (nSPS) is 18.6. The molecule has 1 saturated heterocycles. The average molecular weight is 539 g/mol. The van der Waals surface area contributed by atoms with Crippen LogP contribution in [0.2, 0.25) is 0 Å². The zero-order chi connectivity index (χ0) is 27.6. The number of ether oxygens (including phenoxy) is 4. The van der Waals surface area contributed by atoms with E-state index in [-0.39, 0.29) is 38.0 Å². The van der Waals surface area contributed by atoms with E-state index in [0.29, 0.717) is 28.9 Å². The number of fused-ring (bicyclic) bond motifs is 2. The first kappa shape index (κ1) is 26.1. The van der Waals surface area contributed by atoms with Crippen LogP contribution in [0.1, 0.15) is 21.7 Å². The number of urea groups is 1. The molecule has 13 heteroatoms. The predicted octanol–water partition coefficient (Wildman–Crippen LogP) is 1.40. The number of nitrogens with one attached hydrogen (secondary N) is 1. The van der Waals surface area contributed by atoms with Crippen LogP contribution in [0.3, 0.4) is 0 Å². The van der Waals surface area contributed by atoms with Crippen LogP contribution in [0, 0.1) is 0 Å². The molecule has 1 aromatic carbocycles. The summed E-state index contributed by atoms with van der Waals surface area (Å²) < 4.78 is 26.3. The van der Waals surface area contributed by atoms with Gasteiger partial charge in [0.15, 0.2) is 12.3 Å². The van der Waals surface area contributed by atoms with Gasteiger partial charge >= 0.3 is 12.0 Å². The van der Waals surface area contributed by atoms with Crippen molar-refractivity contribution in [3.05, 3.63) is 59.6 Å². The van der Waals surface area contributed by atoms with E-state index in [1.54, 1.807) is 36.5 Å². The number of hydrogen-bond donors (Lipinski definition) is 1. The summed E-state index contributed by atoms with van der Waals surface area (Å²) in [4.78, 5) is 58.6. The Morgan fingerprint density at radius 2 is 2.00 bits per heavy atom. The summed E-state index contributed by atoms with van der Waals surface area (Å²) in [6.45, 7) is -0.576. The fourth-order valence-electron chi connectivity index (χ4n) is 4.55. The molecule has 204 valence electrons. The zero-order valence-corrected chi connectivity index (χ0v) is 21.3. The molecule has 4 amide bonds. The molecule has 4 heterocycles. The molecule has 1 N–H and O–H groups in total. The second-order valence-electron chi connectivity index (χ2n) is 8.97. The smallest absolute Gasteiger partial charge is 0.333 e. The number of aromatic nitrogens is 1. The lowest BCUT2D eigenvalue weighted by atomic mass is 9.95. The molecule has 0 unspecified atom stereocenters. The number of rotatable bonds is 11. The van der Waals surface area contributed by atoms with Crippen LogP contribution in [-0.4, -0.2) is 85.9 Å². The molecule has 1 atom stereocenters. The van der Waals surface area contributed by atoms with Gasteiger partial charge in [-0.3, -0.25) is 14.6 Å². The number of carbonyl (C=O) groups is 4. The number of hydrogen-bond acceptors (Lipinski definition) is 10. The van der Waals surface area contributed by atoms with Gasteiger partial charge in [-0.1, -0.05) is 6.07 Å². The number of amides is 4. The van der Waals surface area contributed by atoms with Gasteiger partial charge in [0.2, 0.25) is 0 Å². The van der Waals surface area contributed by atoms with Gasteiger partial charge in [0.05, 0.1) is 26.9 Å². The van der Waals surface area contributed by atoms with Crippen molar-refractivity contribution in [2.75, 3.05) is 47.3 Å². The van der Waals surface area contributed by atoms with Crippen LogP contribution in [-0.2, 0) is 35.9 Å². The Hall–Kier alpha value is -4.49. The second kappa shape index (κ2) is 10.7. The van der Waals surface area contributed by atoms with Gasteiger partial charge in [0, 0.05) is 37.0 Å². The Morgan fingerprint density at radius 1 is 1.15 bits per heavy atom. The number of pyridine rings is 1. The molecular weight excluding hydrogens is 512 g/mol. The SMILES string of the molecule is COCCOCC(=O)OCN1C(=O)N[C@@](CN2Cc3ccc(OC)cc3C2=O)(c2cc3cnccc3o2)C1=O. The summed E-state index contributed by atoms with van der Waals surface area (Å²) in [7, 11) is 3.00. The number of benzene rings is 1. The van der Waals surface area contributed by atoms with E-state index in [1.807, 2.05) is 0 Å². The summed E-state index contributed by atoms with van der Waals surface area (Å²) >= 11 is 0. The lowest BCUT2D eigenvalue weighted by Gasteiger charge is -2.29. The van der Waals surface area contributed by atoms with Crippen molar-refractivity contribution in [1.29, 1.82) is 0 Å². The van der Waals surface area contributed by atoms with E-state index in [0.717, 1.165) is 10.5 Å². The van der Waals surface area contributed by atoms with Crippen LogP contribution in [0.4, 0.5) is 4.79 Å². The Labute approximate surface area is 222 Å². The van der Waals surface area contributed by atoms with E-state index >= 15 is 0 Å². The second-order valence-corrected chi connectivity index (χ2v) is 8.97. The van der Waals surface area contributed by atoms with Crippen LogP contribution >= 0.6 is 0 Å². The van der Waals surface area contributed by atoms with Gasteiger partial charge in [-0.2, -0.15) is 0 Å². The molecule has 2 aliphatic rings. The van der Waals surface area contributed by atoms with Crippen LogP contribution in [0.5, 0.6) is 5.75 Å². The first-order valence-electron chi connectivity index (χ1n) is 12.0. The Morgan fingerprint density at radius 3 is 2.77 bits per heavy atom. The molecule has 0 spiro atoms. The molecule has 2 aromatic heterocycles. The fraction of sp³-hybridized carbons (Fsp3) is 0.346. The Bertz CT molecular complexity index is 1400. The van der Waals surface area contributed by atoms with Gasteiger partial charge in [-0.25, -0.2) is 14.5 Å². The number of imide groups is 1. The summed E-state index contributed by atoms with van der Waals surface area (Å²) in [5.41, 5.74) is -0.144. The summed E-state index contributed by atoms with van der Waals surface area (Å²) in [6.07, 6.45) is 3.09. The Kier molecular flexibility index (Phi) is 7.17. The van der Waals surface area contributed by atoms with Gasteiger partial charge in [-0.05, 0) is 29.8 Å². The van der Waals surface area contributed by atoms with Gasteiger partial charge < -0.3 is 33.6 Å². The van der Waals surface area contributed by atoms with Crippen molar-refractivity contribution >= 4 is 34.8 Å². The summed E-state index contributed by atoms with van der Waals surface area (Å²) in [5, 5.41) is 3.29. The molecule has 0 bridgehead atoms. The first-order chi connectivity index (χ1) is 18.9. The number of esters is 1. The largest absolute Gasteiger partial charge is 0.497 e. The number of methoxy groups -OCH3 is 2. The number of carbonyl (C=O) groups excluding carboxylic acids is 4. The molecule has 0 radical (unpaired) electrons. The first-order valence-corrected chi connectivity index (χ1v) is 12.0. The third-order valence-electron chi connectivity index (χ3n) is 6.54. The van der Waals surface area contributed by atoms with Gasteiger partial charge in [0.25, 0.3) is 11.8 Å². The zero-order valence-electron chi connectivity index (χ0n) is 21.3. The standard InChI is InChI=1S/C26H26N4O9/c1-35-7-8-37-13-22(31)38-15-30-24(33)26(28-25(30)34,21-9-17-11-27-6-5-20(17)39-21)14-29-12-16-3-4-18(36-2)10-19(16)23(29)32/h3-6,9-11H,7-8,12-15H2,1-2H3,(H,28,34)/t26-/m0/s1. The molecular formula is C26H26N4O9. The maximum atomic E-state index is 13.9. The molecule has 0 saturated carbocycles. The van der Waals surface area contributed by atoms with E-state index in [2.05, 4.69) is 10.3 Å². The molecule has 2 aliphatic heterocycles. The highest BCUT2D eigenvalue weighted by molar-refractivity contribution is 6.08. The van der Waals surface area contributed by atoms with Crippen molar-refractivity contribution in [2.45, 2.75) is 12.1 Å². The monoisotopic (exact) mass is 538 g/mol. The molecule has 0 aliphatic carbocycles. The predicted molar refractivity (Wildman–Crippen MR) is 132 cm³/mol. The third-order valence-corrected chi connectivity index (χ3v) is 6.54. The van der Waals surface area contributed by atoms with Crippen molar-refractivity contribution in [3.8, 4) is 5.75 Å². The molecule has 1 fully saturated rings. The molecule has 3 aromatic rings. The molecule has 39 heavy (non-hydrogen) atoms. The maximum Gasteiger partial charge on any atom is 0.333 e. The minimum Gasteiger partial charge on any atom is -0.497 e. The van der Waals surface area contributed by atoms with Crippen molar-refractivity contribution in [3.63, 3.8) is 0 Å². The van der Waals surface area contributed by atoms with Crippen LogP contribution in [0.15, 0.2) is 47.1 Å². The number of furan rings is 1. The van der Waals surface area contributed by atoms with Gasteiger partial charge in [-0.15, -0.1) is 0 Å². The fourth-order valence-corrected chi connectivity index (χ4v) is 4.55. The van der Waals surface area contributed by atoms with Crippen LogP contribution in [0.25, 0.3) is 11.0 Å². The van der Waals surface area contributed by atoms with Crippen molar-refractivity contribution in [1.82, 2.24) is 20.1 Å². The quantitative estimate of drug-likeness (QED) is 0.216. The highest BCUT2D eigenvalue weighted by Gasteiger charge is 2.57. The Balaban J connectivity index is 1.41. The maximum absolute atomic E-state index is 13.9. The van der Waals surface area contributed by atoms with Gasteiger partial charge in [0.1, 0.15) is 23.7 Å². The highest BCUT2D eigenvalue weighted by Crippen LogP contribution is 2.36. The minimum atomic E-state index is -1.78. The highest BCUT2D eigenvalue weighted by atomic mass is 16.6. The topological polar surface area (TPSA) is 150 Å². The van der Waals surface area contributed by atoms with E-state index in [1.165, 1.54) is 25.3 Å². The average Bonchev–Trinajstić information content (AvgIpc) is 3.58. The summed E-state index contributed by atoms with van der Waals surface area (Å²) in [6, 6.07) is 7.57. The molecule has 13 nitrogen and oxygen atoms in total. The lowest BCUT2D eigenvalue weighted by molar-refractivity contribution is -0.155. The lowest BCUT2D eigenvalue weighted by Crippen LogP contribution is -2.52.